The highest BCUT2D eigenvalue weighted by molar-refractivity contribution is 7.15. The minimum Gasteiger partial charge on any atom is -0.492 e. The van der Waals surface area contributed by atoms with Gasteiger partial charge < -0.3 is 10.5 Å². The first-order valence-corrected chi connectivity index (χ1v) is 8.87. The number of nitrogen functional groups attached to an aromatic ring is 1. The molecule has 0 unspecified atom stereocenters. The topological polar surface area (TPSA) is 103 Å². The van der Waals surface area contributed by atoms with Gasteiger partial charge in [0.2, 0.25) is 0 Å². The zero-order valence-corrected chi connectivity index (χ0v) is 14.8. The molecule has 2 aromatic heterocycles. The number of nitrogens with two attached hydrogens (primary N) is 1. The van der Waals surface area contributed by atoms with Gasteiger partial charge in [0.1, 0.15) is 17.9 Å². The Hall–Kier alpha value is -2.74. The van der Waals surface area contributed by atoms with Crippen molar-refractivity contribution in [2.45, 2.75) is 26.3 Å². The van der Waals surface area contributed by atoms with E-state index < -0.39 is 0 Å². The van der Waals surface area contributed by atoms with Crippen LogP contribution < -0.4 is 10.5 Å². The number of aromatic nitrogens is 4. The largest absolute Gasteiger partial charge is 0.492 e. The molecule has 0 spiro atoms. The fourth-order valence-electron chi connectivity index (χ4n) is 2.87. The second-order valence-corrected chi connectivity index (χ2v) is 7.22. The number of ether oxygens (including phenoxy) is 1. The Bertz CT molecular complexity index is 958. The molecule has 0 saturated heterocycles. The highest BCUT2D eigenvalue weighted by Gasteiger charge is 2.23. The lowest BCUT2D eigenvalue weighted by Crippen LogP contribution is -2.11. The molecule has 1 aromatic carbocycles. The van der Waals surface area contributed by atoms with Crippen LogP contribution >= 0.6 is 11.3 Å². The maximum Gasteiger partial charge on any atom is 0.187 e. The van der Waals surface area contributed by atoms with Crippen molar-refractivity contribution in [2.75, 3.05) is 6.61 Å². The van der Waals surface area contributed by atoms with E-state index in [4.69, 9.17) is 20.9 Å². The number of fused-ring (bicyclic) bond motifs is 3. The Morgan fingerprint density at radius 2 is 2.24 bits per heavy atom. The van der Waals surface area contributed by atoms with E-state index in [1.807, 2.05) is 22.9 Å². The monoisotopic (exact) mass is 354 g/mol. The smallest absolute Gasteiger partial charge is 0.187 e. The Morgan fingerprint density at radius 3 is 3.00 bits per heavy atom. The summed E-state index contributed by atoms with van der Waals surface area (Å²) in [5.74, 6) is 1.53. The summed E-state index contributed by atoms with van der Waals surface area (Å²) in [4.78, 5) is 10.4. The lowest BCUT2D eigenvalue weighted by atomic mass is 10.1. The normalized spacial score (nSPS) is 13.1. The van der Waals surface area contributed by atoms with Crippen molar-refractivity contribution in [1.29, 1.82) is 5.41 Å². The number of nitrogens with one attached hydrogen (secondary N) is 1. The van der Waals surface area contributed by atoms with Gasteiger partial charge in [0.05, 0.1) is 12.3 Å². The van der Waals surface area contributed by atoms with Crippen LogP contribution in [0.5, 0.6) is 5.75 Å². The summed E-state index contributed by atoms with van der Waals surface area (Å²) in [5, 5.41) is 12.8. The fourth-order valence-corrected chi connectivity index (χ4v) is 3.91. The van der Waals surface area contributed by atoms with Gasteiger partial charge in [-0.2, -0.15) is 5.10 Å². The lowest BCUT2D eigenvalue weighted by molar-refractivity contribution is 0.327. The van der Waals surface area contributed by atoms with E-state index in [1.165, 1.54) is 4.88 Å². The highest BCUT2D eigenvalue weighted by atomic mass is 32.1. The number of amidine groups is 1. The van der Waals surface area contributed by atoms with Crippen molar-refractivity contribution in [3.63, 3.8) is 0 Å². The van der Waals surface area contributed by atoms with Crippen molar-refractivity contribution >= 4 is 17.2 Å². The molecule has 0 aliphatic carbocycles. The van der Waals surface area contributed by atoms with Crippen LogP contribution in [0.1, 0.15) is 30.3 Å². The van der Waals surface area contributed by atoms with Crippen molar-refractivity contribution in [2.24, 2.45) is 5.73 Å². The van der Waals surface area contributed by atoms with Gasteiger partial charge in [-0.3, -0.25) is 5.41 Å². The first-order valence-electron chi connectivity index (χ1n) is 8.06. The third-order valence-corrected chi connectivity index (χ3v) is 5.20. The quantitative estimate of drug-likeness (QED) is 0.556. The second-order valence-electron chi connectivity index (χ2n) is 6.14. The van der Waals surface area contributed by atoms with Crippen molar-refractivity contribution in [3.05, 3.63) is 35.0 Å². The number of benzene rings is 1. The zero-order valence-electron chi connectivity index (χ0n) is 14.0. The molecule has 0 amide bonds. The molecule has 3 aromatic rings. The predicted octanol–water partition coefficient (Wildman–Crippen LogP) is 2.87. The highest BCUT2D eigenvalue weighted by Crippen LogP contribution is 2.40. The van der Waals surface area contributed by atoms with Gasteiger partial charge in [-0.25, -0.2) is 14.6 Å². The number of rotatable bonds is 3. The van der Waals surface area contributed by atoms with Crippen LogP contribution in [-0.2, 0) is 6.42 Å². The fraction of sp³-hybridized carbons (Fsp3) is 0.294. The van der Waals surface area contributed by atoms with Crippen LogP contribution in [0.25, 0.3) is 22.1 Å². The molecule has 0 bridgehead atoms. The maximum absolute atomic E-state index is 7.61. The van der Waals surface area contributed by atoms with E-state index >= 15 is 0 Å². The van der Waals surface area contributed by atoms with Crippen LogP contribution in [0.15, 0.2) is 24.5 Å². The van der Waals surface area contributed by atoms with E-state index in [1.54, 1.807) is 17.7 Å². The molecule has 3 heterocycles. The van der Waals surface area contributed by atoms with Crippen molar-refractivity contribution < 1.29 is 4.74 Å². The van der Waals surface area contributed by atoms with Crippen LogP contribution in [0, 0.1) is 5.41 Å². The summed E-state index contributed by atoms with van der Waals surface area (Å²) in [6, 6.07) is 5.78. The van der Waals surface area contributed by atoms with Crippen LogP contribution in [-0.4, -0.2) is 32.2 Å². The van der Waals surface area contributed by atoms with E-state index in [-0.39, 0.29) is 11.9 Å². The maximum atomic E-state index is 7.61. The standard InChI is InChI=1S/C17H18N6OS/c1-9(2)23-16(20-8-21-23)17-22-14-11-4-3-10(15(18)19)7-12(11)24-6-5-13(14)25-17/h3-4,7-9H,5-6H2,1-2H3,(H3,18,19). The minimum absolute atomic E-state index is 0.0277. The molecule has 3 N–H and O–H groups in total. The minimum atomic E-state index is 0.0277. The van der Waals surface area contributed by atoms with Gasteiger partial charge in [-0.15, -0.1) is 11.3 Å². The molecule has 0 atom stereocenters. The summed E-state index contributed by atoms with van der Waals surface area (Å²) in [7, 11) is 0. The molecule has 4 rings (SSSR count). The third kappa shape index (κ3) is 2.68. The number of nitrogens with zero attached hydrogens (tertiary/aromatic N) is 4. The SMILES string of the molecule is CC(C)n1ncnc1-c1nc2c(s1)CCOc1cc(C(=N)N)ccc1-2. The zero-order chi connectivity index (χ0) is 17.6. The van der Waals surface area contributed by atoms with E-state index in [0.717, 1.165) is 28.5 Å². The molecule has 8 heteroatoms. The number of hydrogen-bond acceptors (Lipinski definition) is 6. The predicted molar refractivity (Wildman–Crippen MR) is 97.2 cm³/mol. The van der Waals surface area contributed by atoms with Crippen LogP contribution in [0.4, 0.5) is 0 Å². The van der Waals surface area contributed by atoms with Gasteiger partial charge in [-0.05, 0) is 26.0 Å². The Morgan fingerprint density at radius 1 is 1.40 bits per heavy atom. The molecule has 7 nitrogen and oxygen atoms in total. The van der Waals surface area contributed by atoms with Crippen molar-refractivity contribution in [1.82, 2.24) is 19.7 Å². The van der Waals surface area contributed by atoms with Gasteiger partial charge in [0.15, 0.2) is 10.8 Å². The average Bonchev–Trinajstić information content (AvgIpc) is 3.18. The summed E-state index contributed by atoms with van der Waals surface area (Å²) in [6.45, 7) is 4.71. The number of thiazole rings is 1. The molecule has 0 fully saturated rings. The molecule has 1 aliphatic rings. The summed E-state index contributed by atoms with van der Waals surface area (Å²) < 4.78 is 7.74. The van der Waals surface area contributed by atoms with Gasteiger partial charge in [0.25, 0.3) is 0 Å². The lowest BCUT2D eigenvalue weighted by Gasteiger charge is -2.09. The van der Waals surface area contributed by atoms with Gasteiger partial charge >= 0.3 is 0 Å². The Labute approximate surface area is 149 Å². The first kappa shape index (κ1) is 15.8. The molecule has 0 radical (unpaired) electrons. The summed E-state index contributed by atoms with van der Waals surface area (Å²) in [6.07, 6.45) is 2.35. The van der Waals surface area contributed by atoms with E-state index in [9.17, 15) is 0 Å². The molecule has 128 valence electrons. The van der Waals surface area contributed by atoms with Crippen LogP contribution in [0.2, 0.25) is 0 Å². The molecular weight excluding hydrogens is 336 g/mol. The van der Waals surface area contributed by atoms with Gasteiger partial charge in [-0.1, -0.05) is 6.07 Å². The Balaban J connectivity index is 1.83. The Kier molecular flexibility index (Phi) is 3.76. The van der Waals surface area contributed by atoms with Crippen LogP contribution in [0.3, 0.4) is 0 Å². The first-order chi connectivity index (χ1) is 12.0. The third-order valence-electron chi connectivity index (χ3n) is 4.09. The second kappa shape index (κ2) is 5.96. The molecule has 0 saturated carbocycles. The molecular formula is C17H18N6OS. The molecule has 25 heavy (non-hydrogen) atoms. The molecule has 1 aliphatic heterocycles. The van der Waals surface area contributed by atoms with E-state index in [2.05, 4.69) is 23.9 Å². The van der Waals surface area contributed by atoms with Crippen molar-refractivity contribution in [3.8, 4) is 27.8 Å². The summed E-state index contributed by atoms with van der Waals surface area (Å²) >= 11 is 1.63. The van der Waals surface area contributed by atoms with Gasteiger partial charge in [0, 0.05) is 28.5 Å². The number of hydrogen-bond donors (Lipinski definition) is 2. The average molecular weight is 354 g/mol. The van der Waals surface area contributed by atoms with E-state index in [0.29, 0.717) is 17.9 Å². The summed E-state index contributed by atoms with van der Waals surface area (Å²) in [5.41, 5.74) is 8.08.